The number of hydrogen-bond donors (Lipinski definition) is 1. The highest BCUT2D eigenvalue weighted by Gasteiger charge is 2.18. The lowest BCUT2D eigenvalue weighted by molar-refractivity contribution is 0.0960. The normalized spacial score (nSPS) is 10.4. The Labute approximate surface area is 173 Å². The Morgan fingerprint density at radius 3 is 2.47 bits per heavy atom. The quantitative estimate of drug-likeness (QED) is 0.523. The topological polar surface area (TPSA) is 73.2 Å². The lowest BCUT2D eigenvalue weighted by Crippen LogP contribution is -2.16. The number of amides is 1. The zero-order valence-electron chi connectivity index (χ0n) is 16.1. The summed E-state index contributed by atoms with van der Waals surface area (Å²) in [4.78, 5) is 29.7. The molecule has 148 valence electrons. The average molecular weight is 397 g/mol. The molecular weight excluding hydrogens is 378 g/mol. The number of benzene rings is 2. The van der Waals surface area contributed by atoms with E-state index in [2.05, 4.69) is 10.3 Å². The van der Waals surface area contributed by atoms with Crippen LogP contribution in [0.4, 0.5) is 5.69 Å². The first-order valence-corrected chi connectivity index (χ1v) is 9.40. The average Bonchev–Trinajstić information content (AvgIpc) is 3.33. The maximum atomic E-state index is 13.0. The lowest BCUT2D eigenvalue weighted by Gasteiger charge is -2.13. The number of ether oxygens (including phenoxy) is 1. The summed E-state index contributed by atoms with van der Waals surface area (Å²) < 4.78 is 7.37. The molecule has 6 heteroatoms. The van der Waals surface area contributed by atoms with Crippen LogP contribution < -0.4 is 10.1 Å². The summed E-state index contributed by atoms with van der Waals surface area (Å²) in [6.45, 7) is 0.304. The summed E-state index contributed by atoms with van der Waals surface area (Å²) >= 11 is 0. The Bertz CT molecular complexity index is 1140. The maximum Gasteiger partial charge on any atom is 0.261 e. The van der Waals surface area contributed by atoms with Crippen molar-refractivity contribution in [3.05, 3.63) is 114 Å². The number of aromatic nitrogens is 2. The van der Waals surface area contributed by atoms with E-state index in [1.165, 1.54) is 4.57 Å². The van der Waals surface area contributed by atoms with Crippen LogP contribution in [0, 0.1) is 0 Å². The second-order valence-electron chi connectivity index (χ2n) is 6.58. The number of rotatable bonds is 6. The maximum absolute atomic E-state index is 13.0. The number of nitrogens with one attached hydrogen (secondary N) is 1. The van der Waals surface area contributed by atoms with Crippen molar-refractivity contribution >= 4 is 17.5 Å². The lowest BCUT2D eigenvalue weighted by atomic mass is 10.1. The van der Waals surface area contributed by atoms with Gasteiger partial charge in [0.25, 0.3) is 11.8 Å². The number of carbonyl (C=O) groups excluding carboxylic acids is 2. The van der Waals surface area contributed by atoms with E-state index < -0.39 is 0 Å². The Hall–Kier alpha value is -4.19. The van der Waals surface area contributed by atoms with Crippen LogP contribution in [-0.2, 0) is 6.61 Å². The monoisotopic (exact) mass is 397 g/mol. The van der Waals surface area contributed by atoms with E-state index in [4.69, 9.17) is 4.74 Å². The molecule has 4 rings (SSSR count). The molecule has 30 heavy (non-hydrogen) atoms. The molecule has 0 aliphatic heterocycles. The third kappa shape index (κ3) is 4.44. The molecule has 4 aromatic rings. The van der Waals surface area contributed by atoms with E-state index in [9.17, 15) is 9.59 Å². The Morgan fingerprint density at radius 2 is 1.73 bits per heavy atom. The molecule has 1 amide bonds. The predicted octanol–water partition coefficient (Wildman–Crippen LogP) is 4.40. The van der Waals surface area contributed by atoms with E-state index in [1.807, 2.05) is 30.3 Å². The predicted molar refractivity (Wildman–Crippen MR) is 114 cm³/mol. The second-order valence-corrected chi connectivity index (χ2v) is 6.58. The molecule has 0 spiro atoms. The minimum Gasteiger partial charge on any atom is -0.488 e. The zero-order valence-corrected chi connectivity index (χ0v) is 16.1. The van der Waals surface area contributed by atoms with Crippen molar-refractivity contribution in [3.8, 4) is 5.75 Å². The summed E-state index contributed by atoms with van der Waals surface area (Å²) in [5.41, 5.74) is 2.18. The largest absolute Gasteiger partial charge is 0.488 e. The Kier molecular flexibility index (Phi) is 5.66. The van der Waals surface area contributed by atoms with Gasteiger partial charge in [0.1, 0.15) is 12.4 Å². The van der Waals surface area contributed by atoms with Crippen LogP contribution in [-0.4, -0.2) is 21.4 Å². The molecule has 0 aliphatic rings. The van der Waals surface area contributed by atoms with E-state index >= 15 is 0 Å². The molecule has 0 unspecified atom stereocenters. The van der Waals surface area contributed by atoms with Gasteiger partial charge in [-0.2, -0.15) is 0 Å². The van der Waals surface area contributed by atoms with Gasteiger partial charge in [0.15, 0.2) is 0 Å². The van der Waals surface area contributed by atoms with Gasteiger partial charge < -0.3 is 10.1 Å². The molecule has 0 aliphatic carbocycles. The van der Waals surface area contributed by atoms with Crippen LogP contribution in [0.2, 0.25) is 0 Å². The van der Waals surface area contributed by atoms with E-state index in [-0.39, 0.29) is 17.4 Å². The molecule has 2 aromatic carbocycles. The summed E-state index contributed by atoms with van der Waals surface area (Å²) in [7, 11) is 0. The van der Waals surface area contributed by atoms with E-state index in [0.717, 1.165) is 5.56 Å². The third-order valence-corrected chi connectivity index (χ3v) is 4.47. The van der Waals surface area contributed by atoms with Gasteiger partial charge in [-0.25, -0.2) is 0 Å². The van der Waals surface area contributed by atoms with Crippen molar-refractivity contribution in [3.63, 3.8) is 0 Å². The van der Waals surface area contributed by atoms with Crippen molar-refractivity contribution in [1.29, 1.82) is 0 Å². The molecule has 2 heterocycles. The number of pyridine rings is 1. The van der Waals surface area contributed by atoms with Gasteiger partial charge in [0, 0.05) is 24.2 Å². The zero-order chi connectivity index (χ0) is 20.8. The van der Waals surface area contributed by atoms with Crippen LogP contribution in [0.3, 0.4) is 0 Å². The standard InChI is InChI=1S/C24H19N3O3/c28-23(26-20-9-6-12-25-16-20)21-15-19(24(29)27-13-4-5-14-27)10-11-22(21)30-17-18-7-2-1-3-8-18/h1-16H,17H2,(H,26,28). The van der Waals surface area contributed by atoms with Crippen molar-refractivity contribution in [2.45, 2.75) is 6.61 Å². The van der Waals surface area contributed by atoms with Gasteiger partial charge in [-0.15, -0.1) is 0 Å². The van der Waals surface area contributed by atoms with E-state index in [0.29, 0.717) is 23.6 Å². The van der Waals surface area contributed by atoms with Gasteiger partial charge in [0.2, 0.25) is 0 Å². The van der Waals surface area contributed by atoms with Crippen LogP contribution >= 0.6 is 0 Å². The molecule has 0 atom stereocenters. The van der Waals surface area contributed by atoms with Crippen molar-refractivity contribution in [2.75, 3.05) is 5.32 Å². The van der Waals surface area contributed by atoms with Crippen molar-refractivity contribution in [2.24, 2.45) is 0 Å². The SMILES string of the molecule is O=C(Nc1cccnc1)c1cc(C(=O)n2cccc2)ccc1OCc1ccccc1. The highest BCUT2D eigenvalue weighted by atomic mass is 16.5. The van der Waals surface area contributed by atoms with Crippen LogP contribution in [0.5, 0.6) is 5.75 Å². The highest BCUT2D eigenvalue weighted by molar-refractivity contribution is 6.08. The van der Waals surface area contributed by atoms with Gasteiger partial charge in [-0.1, -0.05) is 30.3 Å². The van der Waals surface area contributed by atoms with E-state index in [1.54, 1.807) is 67.3 Å². The van der Waals surface area contributed by atoms with Crippen molar-refractivity contribution < 1.29 is 14.3 Å². The fraction of sp³-hybridized carbons (Fsp3) is 0.0417. The molecule has 0 fully saturated rings. The minimum atomic E-state index is -0.381. The number of carbonyl (C=O) groups is 2. The smallest absolute Gasteiger partial charge is 0.261 e. The second kappa shape index (κ2) is 8.87. The van der Waals surface area contributed by atoms with Gasteiger partial charge >= 0.3 is 0 Å². The first-order valence-electron chi connectivity index (χ1n) is 9.40. The highest BCUT2D eigenvalue weighted by Crippen LogP contribution is 2.23. The van der Waals surface area contributed by atoms with Crippen LogP contribution in [0.15, 0.2) is 97.6 Å². The third-order valence-electron chi connectivity index (χ3n) is 4.47. The minimum absolute atomic E-state index is 0.231. The first-order chi connectivity index (χ1) is 14.7. The van der Waals surface area contributed by atoms with Gasteiger partial charge in [-0.05, 0) is 48.0 Å². The molecule has 0 saturated heterocycles. The molecular formula is C24H19N3O3. The summed E-state index contributed by atoms with van der Waals surface area (Å²) in [6.07, 6.45) is 6.51. The Balaban J connectivity index is 1.64. The molecule has 0 saturated carbocycles. The molecule has 1 N–H and O–H groups in total. The summed E-state index contributed by atoms with van der Waals surface area (Å²) in [5.74, 6) is -0.220. The number of anilines is 1. The molecule has 0 bridgehead atoms. The molecule has 2 aromatic heterocycles. The summed E-state index contributed by atoms with van der Waals surface area (Å²) in [6, 6.07) is 21.5. The molecule has 0 radical (unpaired) electrons. The number of hydrogen-bond acceptors (Lipinski definition) is 4. The van der Waals surface area contributed by atoms with Gasteiger partial charge in [-0.3, -0.25) is 19.1 Å². The van der Waals surface area contributed by atoms with Crippen LogP contribution in [0.1, 0.15) is 26.3 Å². The van der Waals surface area contributed by atoms with Gasteiger partial charge in [0.05, 0.1) is 17.4 Å². The van der Waals surface area contributed by atoms with Crippen LogP contribution in [0.25, 0.3) is 0 Å². The first kappa shape index (κ1) is 19.1. The van der Waals surface area contributed by atoms with Crippen molar-refractivity contribution in [1.82, 2.24) is 9.55 Å². The summed E-state index contributed by atoms with van der Waals surface area (Å²) in [5, 5.41) is 2.80. The fourth-order valence-electron chi connectivity index (χ4n) is 2.96. The molecule has 6 nitrogen and oxygen atoms in total. The number of nitrogens with zero attached hydrogens (tertiary/aromatic N) is 2. The Morgan fingerprint density at radius 1 is 0.933 bits per heavy atom. The fourth-order valence-corrected chi connectivity index (χ4v) is 2.96.